The van der Waals surface area contributed by atoms with Gasteiger partial charge in [-0.2, -0.15) is 0 Å². The van der Waals surface area contributed by atoms with E-state index in [0.29, 0.717) is 25.7 Å². The van der Waals surface area contributed by atoms with Crippen LogP contribution in [0.1, 0.15) is 36.0 Å². The number of fused-ring (bicyclic) bond motifs is 2. The summed E-state index contributed by atoms with van der Waals surface area (Å²) in [5, 5.41) is -0.824. The van der Waals surface area contributed by atoms with Gasteiger partial charge in [0.05, 0.1) is 22.3 Å². The molecule has 0 aliphatic carbocycles. The summed E-state index contributed by atoms with van der Waals surface area (Å²) >= 11 is 0. The fourth-order valence-corrected chi connectivity index (χ4v) is 5.69. The molecule has 19 heavy (non-hydrogen) atoms. The number of Topliss-reactive ketones (excluding diaryl/α,β-unsaturated/α-hetero) is 1. The first-order valence-electron chi connectivity index (χ1n) is 6.36. The Morgan fingerprint density at radius 3 is 2.47 bits per heavy atom. The van der Waals surface area contributed by atoms with Crippen molar-refractivity contribution in [2.24, 2.45) is 5.92 Å². The third-order valence-electron chi connectivity index (χ3n) is 4.24. The second kappa shape index (κ2) is 4.37. The van der Waals surface area contributed by atoms with Gasteiger partial charge >= 0.3 is 0 Å². The van der Waals surface area contributed by atoms with E-state index >= 15 is 0 Å². The standard InChI is InChI=1S/C13H14FNO3S/c14-12-7-15-4-3-11(12)13(16)8-5-9-1-2-10(6-8)19(9,17)18/h3-4,7-10H,1-2,5-6H2. The van der Waals surface area contributed by atoms with Crippen LogP contribution in [0.5, 0.6) is 0 Å². The van der Waals surface area contributed by atoms with Gasteiger partial charge in [0.2, 0.25) is 0 Å². The monoisotopic (exact) mass is 283 g/mol. The summed E-state index contributed by atoms with van der Waals surface area (Å²) in [5.41, 5.74) is 0.0266. The van der Waals surface area contributed by atoms with E-state index in [2.05, 4.69) is 4.98 Å². The van der Waals surface area contributed by atoms with Gasteiger partial charge in [-0.15, -0.1) is 0 Å². The minimum absolute atomic E-state index is 0.0266. The van der Waals surface area contributed by atoms with E-state index in [-0.39, 0.29) is 17.3 Å². The minimum Gasteiger partial charge on any atom is -0.294 e. The number of pyridine rings is 1. The molecule has 3 heterocycles. The molecule has 6 heteroatoms. The molecule has 0 aromatic carbocycles. The Kier molecular flexibility index (Phi) is 2.92. The van der Waals surface area contributed by atoms with Crippen LogP contribution in [0.25, 0.3) is 0 Å². The second-order valence-corrected chi connectivity index (χ2v) is 7.81. The fraction of sp³-hybridized carbons (Fsp3) is 0.538. The van der Waals surface area contributed by atoms with Crippen LogP contribution in [0.4, 0.5) is 4.39 Å². The highest BCUT2D eigenvalue weighted by Crippen LogP contribution is 2.42. The van der Waals surface area contributed by atoms with Crippen LogP contribution in [-0.2, 0) is 9.84 Å². The van der Waals surface area contributed by atoms with E-state index in [4.69, 9.17) is 0 Å². The first kappa shape index (κ1) is 12.7. The van der Waals surface area contributed by atoms with Crippen molar-refractivity contribution in [1.82, 2.24) is 4.98 Å². The predicted octanol–water partition coefficient (Wildman–Crippen LogP) is 1.76. The zero-order chi connectivity index (χ0) is 13.6. The quantitative estimate of drug-likeness (QED) is 0.776. The van der Waals surface area contributed by atoms with Crippen molar-refractivity contribution in [3.63, 3.8) is 0 Å². The molecule has 0 saturated carbocycles. The lowest BCUT2D eigenvalue weighted by Gasteiger charge is -2.26. The highest BCUT2D eigenvalue weighted by Gasteiger charge is 2.48. The lowest BCUT2D eigenvalue weighted by Crippen LogP contribution is -2.36. The van der Waals surface area contributed by atoms with Crippen molar-refractivity contribution in [2.45, 2.75) is 36.2 Å². The van der Waals surface area contributed by atoms with Crippen molar-refractivity contribution in [3.05, 3.63) is 29.8 Å². The molecule has 3 rings (SSSR count). The molecule has 0 amide bonds. The number of hydrogen-bond donors (Lipinski definition) is 0. The molecule has 0 spiro atoms. The molecular formula is C13H14FNO3S. The molecule has 2 aliphatic rings. The molecule has 1 aromatic heterocycles. The van der Waals surface area contributed by atoms with Gasteiger partial charge < -0.3 is 0 Å². The van der Waals surface area contributed by atoms with Gasteiger partial charge in [0.1, 0.15) is 0 Å². The number of hydrogen-bond acceptors (Lipinski definition) is 4. The SMILES string of the molecule is O=C(c1ccncc1F)C1CC2CCC(C1)S2(=O)=O. The minimum atomic E-state index is -3.05. The molecule has 2 bridgehead atoms. The lowest BCUT2D eigenvalue weighted by atomic mass is 9.90. The van der Waals surface area contributed by atoms with Gasteiger partial charge in [-0.1, -0.05) is 0 Å². The maximum Gasteiger partial charge on any atom is 0.169 e. The molecule has 1 aromatic rings. The Labute approximate surface area is 111 Å². The van der Waals surface area contributed by atoms with Crippen LogP contribution in [0.3, 0.4) is 0 Å². The number of carbonyl (C=O) groups is 1. The van der Waals surface area contributed by atoms with Crippen molar-refractivity contribution in [3.8, 4) is 0 Å². The zero-order valence-electron chi connectivity index (χ0n) is 10.3. The average molecular weight is 283 g/mol. The summed E-state index contributed by atoms with van der Waals surface area (Å²) in [6, 6.07) is 1.36. The molecular weight excluding hydrogens is 269 g/mol. The Hall–Kier alpha value is -1.30. The van der Waals surface area contributed by atoms with E-state index in [0.717, 1.165) is 6.20 Å². The smallest absolute Gasteiger partial charge is 0.169 e. The van der Waals surface area contributed by atoms with Gasteiger partial charge in [-0.3, -0.25) is 9.78 Å². The van der Waals surface area contributed by atoms with Gasteiger partial charge in [0.15, 0.2) is 21.4 Å². The molecule has 0 radical (unpaired) electrons. The Morgan fingerprint density at radius 2 is 1.89 bits per heavy atom. The topological polar surface area (TPSA) is 64.1 Å². The molecule has 2 unspecified atom stereocenters. The van der Waals surface area contributed by atoms with Gasteiger partial charge in [0, 0.05) is 12.1 Å². The molecule has 102 valence electrons. The maximum absolute atomic E-state index is 13.6. The third kappa shape index (κ3) is 1.98. The number of aromatic nitrogens is 1. The van der Waals surface area contributed by atoms with Crippen LogP contribution in [0.15, 0.2) is 18.5 Å². The van der Waals surface area contributed by atoms with Crippen molar-refractivity contribution in [2.75, 3.05) is 0 Å². The fourth-order valence-electron chi connectivity index (χ4n) is 3.22. The third-order valence-corrected chi connectivity index (χ3v) is 6.96. The zero-order valence-corrected chi connectivity index (χ0v) is 11.1. The number of ketones is 1. The summed E-state index contributed by atoms with van der Waals surface area (Å²) in [4.78, 5) is 15.9. The maximum atomic E-state index is 13.6. The highest BCUT2D eigenvalue weighted by atomic mass is 32.2. The van der Waals surface area contributed by atoms with Crippen molar-refractivity contribution in [1.29, 1.82) is 0 Å². The molecule has 2 atom stereocenters. The normalized spacial score (nSPS) is 32.2. The number of carbonyl (C=O) groups excluding carboxylic acids is 1. The predicted molar refractivity (Wildman–Crippen MR) is 67.0 cm³/mol. The van der Waals surface area contributed by atoms with Gasteiger partial charge in [-0.25, -0.2) is 12.8 Å². The lowest BCUT2D eigenvalue weighted by molar-refractivity contribution is 0.0901. The van der Waals surface area contributed by atoms with Crippen molar-refractivity contribution >= 4 is 15.6 Å². The van der Waals surface area contributed by atoms with E-state index < -0.39 is 26.2 Å². The molecule has 2 fully saturated rings. The van der Waals surface area contributed by atoms with E-state index in [1.54, 1.807) is 0 Å². The highest BCUT2D eigenvalue weighted by molar-refractivity contribution is 7.93. The average Bonchev–Trinajstić information content (AvgIpc) is 2.58. The summed E-state index contributed by atoms with van der Waals surface area (Å²) in [6.07, 6.45) is 4.33. The van der Waals surface area contributed by atoms with Crippen LogP contribution >= 0.6 is 0 Å². The van der Waals surface area contributed by atoms with Crippen LogP contribution < -0.4 is 0 Å². The van der Waals surface area contributed by atoms with Crippen molar-refractivity contribution < 1.29 is 17.6 Å². The van der Waals surface area contributed by atoms with Crippen LogP contribution in [0, 0.1) is 11.7 Å². The Bertz CT molecular complexity index is 609. The first-order chi connectivity index (χ1) is 9.00. The van der Waals surface area contributed by atoms with Crippen LogP contribution in [0.2, 0.25) is 0 Å². The Balaban J connectivity index is 1.86. The number of halogens is 1. The molecule has 2 saturated heterocycles. The molecule has 2 aliphatic heterocycles. The summed E-state index contributed by atoms with van der Waals surface area (Å²) < 4.78 is 37.5. The van der Waals surface area contributed by atoms with Gasteiger partial charge in [0.25, 0.3) is 0 Å². The summed E-state index contributed by atoms with van der Waals surface area (Å²) in [7, 11) is -3.05. The summed E-state index contributed by atoms with van der Waals surface area (Å²) in [6.45, 7) is 0. The first-order valence-corrected chi connectivity index (χ1v) is 7.97. The van der Waals surface area contributed by atoms with E-state index in [1.165, 1.54) is 12.3 Å². The molecule has 4 nitrogen and oxygen atoms in total. The molecule has 0 N–H and O–H groups in total. The van der Waals surface area contributed by atoms with E-state index in [9.17, 15) is 17.6 Å². The summed E-state index contributed by atoms with van der Waals surface area (Å²) in [5.74, 6) is -1.29. The second-order valence-electron chi connectivity index (χ2n) is 5.30. The number of rotatable bonds is 2. The van der Waals surface area contributed by atoms with Crippen LogP contribution in [-0.4, -0.2) is 29.7 Å². The van der Waals surface area contributed by atoms with E-state index in [1.807, 2.05) is 0 Å². The number of nitrogens with zero attached hydrogens (tertiary/aromatic N) is 1. The van der Waals surface area contributed by atoms with Gasteiger partial charge in [-0.05, 0) is 31.7 Å². The number of sulfone groups is 1. The Morgan fingerprint density at radius 1 is 1.26 bits per heavy atom. The largest absolute Gasteiger partial charge is 0.294 e.